The van der Waals surface area contributed by atoms with E-state index in [0.29, 0.717) is 23.6 Å². The van der Waals surface area contributed by atoms with E-state index < -0.39 is 11.6 Å². The predicted molar refractivity (Wildman–Crippen MR) is 126 cm³/mol. The standard InChI is InChI=1S/C25H23ClN4O3/c1-4-28(3)10-11-29-23(32)25(2)14-19-18-13-16(26)8-9-20(18)27-21(19)22(30(25)24(29)33)15-6-5-7-17(31)12-15/h1,5-9,12-13,22,27,31H,10-11,14H2,2-3H3/t22-,25+/m1/s1. The van der Waals surface area contributed by atoms with Gasteiger partial charge in [-0.3, -0.25) is 14.6 Å². The molecule has 3 amide bonds. The van der Waals surface area contributed by atoms with Crippen molar-refractivity contribution in [3.8, 4) is 18.2 Å². The number of benzene rings is 2. The average molecular weight is 463 g/mol. The van der Waals surface area contributed by atoms with Crippen molar-refractivity contribution in [3.05, 3.63) is 64.3 Å². The van der Waals surface area contributed by atoms with Crippen LogP contribution in [0.15, 0.2) is 42.5 Å². The summed E-state index contributed by atoms with van der Waals surface area (Å²) in [5, 5.41) is 11.7. The van der Waals surface area contributed by atoms with Crippen LogP contribution in [0.1, 0.15) is 29.8 Å². The number of hydrogen-bond acceptors (Lipinski definition) is 4. The summed E-state index contributed by atoms with van der Waals surface area (Å²) in [4.78, 5) is 35.3. The summed E-state index contributed by atoms with van der Waals surface area (Å²) in [7, 11) is 1.73. The minimum atomic E-state index is -1.09. The Morgan fingerprint density at radius 3 is 2.82 bits per heavy atom. The molecule has 8 heteroatoms. The summed E-state index contributed by atoms with van der Waals surface area (Å²) in [5.74, 6) is -0.170. The van der Waals surface area contributed by atoms with Crippen LogP contribution in [-0.4, -0.2) is 62.4 Å². The third-order valence-corrected chi connectivity index (χ3v) is 6.93. The topological polar surface area (TPSA) is 79.9 Å². The number of fused-ring (bicyclic) bond motifs is 4. The molecule has 2 aliphatic rings. The maximum Gasteiger partial charge on any atom is 0.328 e. The molecular formula is C25H23ClN4O3. The molecule has 168 valence electrons. The van der Waals surface area contributed by atoms with Gasteiger partial charge in [0.05, 0.1) is 0 Å². The molecular weight excluding hydrogens is 440 g/mol. The molecule has 0 spiro atoms. The lowest BCUT2D eigenvalue weighted by atomic mass is 9.81. The molecule has 3 heterocycles. The normalized spacial score (nSPS) is 21.8. The zero-order chi connectivity index (χ0) is 23.5. The van der Waals surface area contributed by atoms with E-state index >= 15 is 0 Å². The number of aromatic amines is 1. The van der Waals surface area contributed by atoms with Gasteiger partial charge in [0.2, 0.25) is 0 Å². The van der Waals surface area contributed by atoms with Gasteiger partial charge in [0.15, 0.2) is 0 Å². The first-order valence-electron chi connectivity index (χ1n) is 10.7. The van der Waals surface area contributed by atoms with Gasteiger partial charge in [0.1, 0.15) is 17.3 Å². The summed E-state index contributed by atoms with van der Waals surface area (Å²) in [6, 6.07) is 13.9. The van der Waals surface area contributed by atoms with Gasteiger partial charge in [-0.2, -0.15) is 0 Å². The minimum Gasteiger partial charge on any atom is -0.508 e. The van der Waals surface area contributed by atoms with E-state index in [0.717, 1.165) is 22.2 Å². The number of terminal acetylenes is 1. The first-order chi connectivity index (χ1) is 15.7. The van der Waals surface area contributed by atoms with E-state index in [4.69, 9.17) is 18.0 Å². The number of nitrogens with one attached hydrogen (secondary N) is 1. The van der Waals surface area contributed by atoms with Crippen molar-refractivity contribution in [1.29, 1.82) is 0 Å². The number of imide groups is 1. The predicted octanol–water partition coefficient (Wildman–Crippen LogP) is 3.72. The summed E-state index contributed by atoms with van der Waals surface area (Å²) in [6.07, 6.45) is 5.78. The second-order valence-electron chi connectivity index (χ2n) is 8.82. The van der Waals surface area contributed by atoms with Crippen molar-refractivity contribution in [1.82, 2.24) is 19.7 Å². The number of hydrogen-bond donors (Lipinski definition) is 2. The van der Waals surface area contributed by atoms with Gasteiger partial charge >= 0.3 is 6.03 Å². The first-order valence-corrected chi connectivity index (χ1v) is 11.0. The number of carbonyl (C=O) groups is 2. The fourth-order valence-electron chi connectivity index (χ4n) is 5.04. The Balaban J connectivity index is 1.69. The lowest BCUT2D eigenvalue weighted by molar-refractivity contribution is -0.133. The Hall–Kier alpha value is -3.63. The number of carbonyl (C=O) groups excluding carboxylic acids is 2. The summed E-state index contributed by atoms with van der Waals surface area (Å²) >= 11 is 6.29. The first kappa shape index (κ1) is 21.2. The fourth-order valence-corrected chi connectivity index (χ4v) is 5.21. The number of phenolic OH excluding ortho intramolecular Hbond substituents is 1. The molecule has 33 heavy (non-hydrogen) atoms. The van der Waals surface area contributed by atoms with Crippen LogP contribution in [0.5, 0.6) is 5.75 Å². The van der Waals surface area contributed by atoms with Gasteiger partial charge in [-0.25, -0.2) is 4.79 Å². The Kier molecular flexibility index (Phi) is 4.80. The molecule has 1 aromatic heterocycles. The molecule has 0 radical (unpaired) electrons. The number of aromatic nitrogens is 1. The van der Waals surface area contributed by atoms with Gasteiger partial charge in [0.25, 0.3) is 5.91 Å². The van der Waals surface area contributed by atoms with Crippen molar-refractivity contribution in [3.63, 3.8) is 0 Å². The Morgan fingerprint density at radius 2 is 2.09 bits per heavy atom. The van der Waals surface area contributed by atoms with Gasteiger partial charge in [-0.15, -0.1) is 0 Å². The van der Waals surface area contributed by atoms with E-state index in [9.17, 15) is 14.7 Å². The molecule has 7 nitrogen and oxygen atoms in total. The Labute approximate surface area is 196 Å². The maximum atomic E-state index is 13.7. The highest BCUT2D eigenvalue weighted by molar-refractivity contribution is 6.31. The van der Waals surface area contributed by atoms with Crippen molar-refractivity contribution >= 4 is 34.4 Å². The molecule has 2 atom stereocenters. The second-order valence-corrected chi connectivity index (χ2v) is 9.25. The minimum absolute atomic E-state index is 0.0888. The number of likely N-dealkylation sites (N-methyl/N-ethyl adjacent to an activating group) is 1. The van der Waals surface area contributed by atoms with E-state index in [1.54, 1.807) is 48.0 Å². The van der Waals surface area contributed by atoms with E-state index in [2.05, 4.69) is 11.0 Å². The number of amides is 3. The van der Waals surface area contributed by atoms with Gasteiger partial charge in [-0.1, -0.05) is 30.2 Å². The van der Waals surface area contributed by atoms with Crippen LogP contribution in [0.25, 0.3) is 10.9 Å². The van der Waals surface area contributed by atoms with Crippen molar-refractivity contribution < 1.29 is 14.7 Å². The van der Waals surface area contributed by atoms with Gasteiger partial charge in [-0.05, 0) is 48.4 Å². The zero-order valence-corrected chi connectivity index (χ0v) is 19.1. The van der Waals surface area contributed by atoms with Crippen LogP contribution in [0, 0.1) is 12.5 Å². The van der Waals surface area contributed by atoms with Crippen LogP contribution in [0.3, 0.4) is 0 Å². The molecule has 5 rings (SSSR count). The Bertz CT molecular complexity index is 1340. The molecule has 1 saturated heterocycles. The molecule has 2 aromatic carbocycles. The van der Waals surface area contributed by atoms with Crippen molar-refractivity contribution in [2.45, 2.75) is 24.9 Å². The molecule has 1 fully saturated rings. The van der Waals surface area contributed by atoms with Crippen LogP contribution in [0.4, 0.5) is 4.79 Å². The number of nitrogens with zero attached hydrogens (tertiary/aromatic N) is 3. The number of phenols is 1. The molecule has 3 aromatic rings. The van der Waals surface area contributed by atoms with Crippen molar-refractivity contribution in [2.24, 2.45) is 0 Å². The highest BCUT2D eigenvalue weighted by Gasteiger charge is 2.60. The lowest BCUT2D eigenvalue weighted by Gasteiger charge is -2.42. The number of rotatable bonds is 4. The van der Waals surface area contributed by atoms with Crippen LogP contribution in [-0.2, 0) is 11.2 Å². The number of urea groups is 1. The second kappa shape index (κ2) is 7.46. The molecule has 0 bridgehead atoms. The summed E-state index contributed by atoms with van der Waals surface area (Å²) in [5.41, 5.74) is 2.27. The number of aromatic hydroxyl groups is 1. The lowest BCUT2D eigenvalue weighted by Crippen LogP contribution is -2.53. The monoisotopic (exact) mass is 462 g/mol. The molecule has 0 unspecified atom stereocenters. The molecule has 2 aliphatic heterocycles. The van der Waals surface area contributed by atoms with E-state index in [1.165, 1.54) is 4.90 Å². The van der Waals surface area contributed by atoms with E-state index in [1.807, 2.05) is 18.2 Å². The van der Waals surface area contributed by atoms with Crippen LogP contribution < -0.4 is 0 Å². The molecule has 2 N–H and O–H groups in total. The van der Waals surface area contributed by atoms with Crippen molar-refractivity contribution in [2.75, 3.05) is 20.1 Å². The number of halogens is 1. The fraction of sp³-hybridized carbons (Fsp3) is 0.280. The summed E-state index contributed by atoms with van der Waals surface area (Å²) in [6.45, 7) is 2.37. The molecule has 0 saturated carbocycles. The highest BCUT2D eigenvalue weighted by atomic mass is 35.5. The van der Waals surface area contributed by atoms with Crippen LogP contribution in [0.2, 0.25) is 5.02 Å². The smallest absolute Gasteiger partial charge is 0.328 e. The zero-order valence-electron chi connectivity index (χ0n) is 18.3. The average Bonchev–Trinajstić information content (AvgIpc) is 3.22. The maximum absolute atomic E-state index is 13.7. The third-order valence-electron chi connectivity index (χ3n) is 6.69. The third kappa shape index (κ3) is 3.13. The van der Waals surface area contributed by atoms with Gasteiger partial charge < -0.3 is 15.0 Å². The quantitative estimate of drug-likeness (QED) is 0.352. The molecule has 0 aliphatic carbocycles. The van der Waals surface area contributed by atoms with Crippen LogP contribution >= 0.6 is 11.6 Å². The Morgan fingerprint density at radius 1 is 1.30 bits per heavy atom. The van der Waals surface area contributed by atoms with Gasteiger partial charge in [0, 0.05) is 54.2 Å². The number of H-pyrrole nitrogens is 1. The SMILES string of the molecule is C#CN(C)CCN1C(=O)N2[C@H](c3cccc(O)c3)c3[nH]c4ccc(Cl)cc4c3C[C@@]2(C)C1=O. The largest absolute Gasteiger partial charge is 0.508 e. The summed E-state index contributed by atoms with van der Waals surface area (Å²) < 4.78 is 0. The highest BCUT2D eigenvalue weighted by Crippen LogP contribution is 2.49. The van der Waals surface area contributed by atoms with E-state index in [-0.39, 0.29) is 24.2 Å².